The second kappa shape index (κ2) is 2.12. The van der Waals surface area contributed by atoms with Gasteiger partial charge in [-0.15, -0.1) is 0 Å². The van der Waals surface area contributed by atoms with Gasteiger partial charge in [-0.05, 0) is 48.9 Å². The van der Waals surface area contributed by atoms with Gasteiger partial charge in [0.2, 0.25) is 0 Å². The molecule has 0 amide bonds. The van der Waals surface area contributed by atoms with Crippen LogP contribution >= 0.6 is 0 Å². The van der Waals surface area contributed by atoms with Crippen molar-refractivity contribution in [2.45, 2.75) is 26.2 Å². The van der Waals surface area contributed by atoms with Crippen molar-refractivity contribution < 1.29 is 0 Å². The topological polar surface area (TPSA) is 0 Å². The molecular weight excluding hydrogens is 120 g/mol. The van der Waals surface area contributed by atoms with Gasteiger partial charge in [0.15, 0.2) is 0 Å². The monoisotopic (exact) mass is 131 g/mol. The quantitative estimate of drug-likeness (QED) is 0.506. The molecule has 0 heteroatoms. The van der Waals surface area contributed by atoms with E-state index >= 15 is 0 Å². The van der Waals surface area contributed by atoms with Crippen molar-refractivity contribution >= 4 is 0 Å². The summed E-state index contributed by atoms with van der Waals surface area (Å²) in [6.45, 7) is 2.19. The van der Waals surface area contributed by atoms with Gasteiger partial charge in [-0.3, -0.25) is 0 Å². The summed E-state index contributed by atoms with van der Waals surface area (Å²) in [6.07, 6.45) is 3.85. The molecule has 0 bridgehead atoms. The number of rotatable bonds is 0. The van der Waals surface area contributed by atoms with E-state index in [4.69, 9.17) is 0 Å². The summed E-state index contributed by atoms with van der Waals surface area (Å²) < 4.78 is 0. The summed E-state index contributed by atoms with van der Waals surface area (Å²) >= 11 is 0. The molecule has 1 radical (unpaired) electrons. The van der Waals surface area contributed by atoms with Crippen molar-refractivity contribution in [3.05, 3.63) is 34.9 Å². The molecule has 1 aliphatic carbocycles. The largest absolute Gasteiger partial charge is 0.0584 e. The Morgan fingerprint density at radius 3 is 3.10 bits per heavy atom. The van der Waals surface area contributed by atoms with Crippen molar-refractivity contribution in [2.75, 3.05) is 0 Å². The Bertz CT molecular complexity index is 248. The molecule has 0 aromatic heterocycles. The smallest absolute Gasteiger partial charge is 0.0146 e. The van der Waals surface area contributed by atoms with Gasteiger partial charge < -0.3 is 0 Å². The Hall–Kier alpha value is -0.780. The average molecular weight is 131 g/mol. The van der Waals surface area contributed by atoms with E-state index in [1.165, 1.54) is 30.4 Å². The van der Waals surface area contributed by atoms with E-state index in [9.17, 15) is 0 Å². The fraction of sp³-hybridized carbons (Fsp3) is 0.400. The molecule has 0 saturated carbocycles. The van der Waals surface area contributed by atoms with Crippen LogP contribution in [0.5, 0.6) is 0 Å². The summed E-state index contributed by atoms with van der Waals surface area (Å²) in [4.78, 5) is 0. The Labute approximate surface area is 61.9 Å². The van der Waals surface area contributed by atoms with Crippen molar-refractivity contribution in [1.29, 1.82) is 0 Å². The zero-order valence-corrected chi connectivity index (χ0v) is 6.28. The van der Waals surface area contributed by atoms with Crippen LogP contribution in [-0.4, -0.2) is 0 Å². The van der Waals surface area contributed by atoms with E-state index in [1.54, 1.807) is 5.56 Å². The second-order valence-corrected chi connectivity index (χ2v) is 2.97. The van der Waals surface area contributed by atoms with Gasteiger partial charge in [-0.25, -0.2) is 0 Å². The molecule has 51 valence electrons. The first-order chi connectivity index (χ1) is 4.88. The van der Waals surface area contributed by atoms with E-state index in [1.807, 2.05) is 6.07 Å². The third kappa shape index (κ3) is 0.756. The molecule has 10 heavy (non-hydrogen) atoms. The van der Waals surface area contributed by atoms with Gasteiger partial charge in [0.1, 0.15) is 0 Å². The van der Waals surface area contributed by atoms with Crippen LogP contribution in [0.15, 0.2) is 12.1 Å². The highest BCUT2D eigenvalue weighted by Gasteiger charge is 2.11. The maximum absolute atomic E-state index is 3.29. The Morgan fingerprint density at radius 2 is 2.30 bits per heavy atom. The molecule has 1 aromatic carbocycles. The molecule has 2 rings (SSSR count). The number of hydrogen-bond acceptors (Lipinski definition) is 0. The van der Waals surface area contributed by atoms with Gasteiger partial charge >= 0.3 is 0 Å². The summed E-state index contributed by atoms with van der Waals surface area (Å²) in [5.74, 6) is 0. The minimum atomic E-state index is 1.25. The second-order valence-electron chi connectivity index (χ2n) is 2.97. The first-order valence-corrected chi connectivity index (χ1v) is 3.87. The zero-order chi connectivity index (χ0) is 6.97. The molecule has 0 saturated heterocycles. The van der Waals surface area contributed by atoms with E-state index in [0.29, 0.717) is 0 Å². The highest BCUT2D eigenvalue weighted by Crippen LogP contribution is 2.23. The van der Waals surface area contributed by atoms with Crippen LogP contribution < -0.4 is 0 Å². The number of benzene rings is 1. The van der Waals surface area contributed by atoms with Crippen molar-refractivity contribution in [3.63, 3.8) is 0 Å². The van der Waals surface area contributed by atoms with Crippen molar-refractivity contribution in [3.8, 4) is 0 Å². The Balaban J connectivity index is 2.59. The summed E-state index contributed by atoms with van der Waals surface area (Å²) in [7, 11) is 0. The fourth-order valence-electron chi connectivity index (χ4n) is 1.71. The summed E-state index contributed by atoms with van der Waals surface area (Å²) in [6, 6.07) is 7.49. The van der Waals surface area contributed by atoms with Crippen molar-refractivity contribution in [1.82, 2.24) is 0 Å². The Kier molecular flexibility index (Phi) is 1.26. The van der Waals surface area contributed by atoms with Crippen LogP contribution in [0.2, 0.25) is 0 Å². The van der Waals surface area contributed by atoms with Gasteiger partial charge in [0.05, 0.1) is 0 Å². The number of fused-ring (bicyclic) bond motifs is 1. The summed E-state index contributed by atoms with van der Waals surface area (Å²) in [5.41, 5.74) is 4.47. The molecule has 0 spiro atoms. The molecule has 0 N–H and O–H groups in total. The van der Waals surface area contributed by atoms with Gasteiger partial charge in [-0.1, -0.05) is 12.1 Å². The van der Waals surface area contributed by atoms with Crippen LogP contribution in [0, 0.1) is 13.0 Å². The lowest BCUT2D eigenvalue weighted by Gasteiger charge is -2.00. The maximum Gasteiger partial charge on any atom is -0.0146 e. The molecule has 1 aliphatic rings. The van der Waals surface area contributed by atoms with E-state index in [0.717, 1.165) is 0 Å². The first kappa shape index (κ1) is 5.96. The van der Waals surface area contributed by atoms with Crippen LogP contribution in [0.1, 0.15) is 23.1 Å². The van der Waals surface area contributed by atoms with Gasteiger partial charge in [0, 0.05) is 0 Å². The molecule has 0 fully saturated rings. The number of hydrogen-bond donors (Lipinski definition) is 0. The summed E-state index contributed by atoms with van der Waals surface area (Å²) in [5, 5.41) is 0. The molecule has 0 aliphatic heterocycles. The van der Waals surface area contributed by atoms with Crippen LogP contribution in [0.4, 0.5) is 0 Å². The normalized spacial score (nSPS) is 15.3. The molecule has 0 heterocycles. The highest BCUT2D eigenvalue weighted by atomic mass is 14.2. The SMILES string of the molecule is Cc1cc[c]c2c1CCC2. The minimum absolute atomic E-state index is 1.25. The van der Waals surface area contributed by atoms with Gasteiger partial charge in [-0.2, -0.15) is 0 Å². The average Bonchev–Trinajstić information content (AvgIpc) is 2.36. The van der Waals surface area contributed by atoms with E-state index < -0.39 is 0 Å². The predicted octanol–water partition coefficient (Wildman–Crippen LogP) is 2.28. The molecule has 1 aromatic rings. The Morgan fingerprint density at radius 1 is 1.40 bits per heavy atom. The molecule has 0 unspecified atom stereocenters. The van der Waals surface area contributed by atoms with E-state index in [2.05, 4.69) is 19.1 Å². The highest BCUT2D eigenvalue weighted by molar-refractivity contribution is 5.36. The molecule has 0 atom stereocenters. The lowest BCUT2D eigenvalue weighted by Crippen LogP contribution is -1.85. The maximum atomic E-state index is 3.29. The standard InChI is InChI=1S/C10H11/c1-8-4-2-5-9-6-3-7-10(8)9/h2,4H,3,6-7H2,1H3. The van der Waals surface area contributed by atoms with Crippen LogP contribution in [0.3, 0.4) is 0 Å². The van der Waals surface area contributed by atoms with Gasteiger partial charge in [0.25, 0.3) is 0 Å². The van der Waals surface area contributed by atoms with E-state index in [-0.39, 0.29) is 0 Å². The molecular formula is C10H11. The third-order valence-corrected chi connectivity index (χ3v) is 2.28. The van der Waals surface area contributed by atoms with Crippen LogP contribution in [-0.2, 0) is 12.8 Å². The van der Waals surface area contributed by atoms with Crippen LogP contribution in [0.25, 0.3) is 0 Å². The first-order valence-electron chi connectivity index (χ1n) is 3.87. The molecule has 0 nitrogen and oxygen atoms in total. The zero-order valence-electron chi connectivity index (χ0n) is 6.28. The number of aryl methyl sites for hydroxylation is 2. The van der Waals surface area contributed by atoms with Crippen molar-refractivity contribution in [2.24, 2.45) is 0 Å². The predicted molar refractivity (Wildman–Crippen MR) is 42.0 cm³/mol. The fourth-order valence-corrected chi connectivity index (χ4v) is 1.71. The lowest BCUT2D eigenvalue weighted by atomic mass is 10.1. The lowest BCUT2D eigenvalue weighted by molar-refractivity contribution is 0.909. The minimum Gasteiger partial charge on any atom is -0.0584 e. The third-order valence-electron chi connectivity index (χ3n) is 2.28.